The van der Waals surface area contributed by atoms with Crippen molar-refractivity contribution in [2.24, 2.45) is 0 Å². The van der Waals surface area contributed by atoms with Gasteiger partial charge in [0.15, 0.2) is 0 Å². The lowest BCUT2D eigenvalue weighted by Gasteiger charge is -2.12. The molecule has 13 heavy (non-hydrogen) atoms. The van der Waals surface area contributed by atoms with Crippen LogP contribution in [-0.4, -0.2) is 11.8 Å². The minimum atomic E-state index is -0.132. The minimum absolute atomic E-state index is 0.132. The zero-order chi connectivity index (χ0) is 9.26. The lowest BCUT2D eigenvalue weighted by molar-refractivity contribution is -0.121. The summed E-state index contributed by atoms with van der Waals surface area (Å²) in [5.74, 6) is -0.264. The predicted octanol–water partition coefficient (Wildman–Crippen LogP) is 1.14. The first kappa shape index (κ1) is 7.98. The van der Waals surface area contributed by atoms with Crippen molar-refractivity contribution >= 4 is 17.5 Å². The maximum Gasteiger partial charge on any atom is 0.234 e. The van der Waals surface area contributed by atoms with Crippen molar-refractivity contribution in [1.82, 2.24) is 0 Å². The van der Waals surface area contributed by atoms with Crippen molar-refractivity contribution in [2.75, 3.05) is 4.90 Å². The van der Waals surface area contributed by atoms with Crippen molar-refractivity contribution < 1.29 is 9.59 Å². The number of hydrogen-bond donors (Lipinski definition) is 0. The maximum atomic E-state index is 11.3. The minimum Gasteiger partial charge on any atom is -0.274 e. The highest BCUT2D eigenvalue weighted by Crippen LogP contribution is 2.20. The first-order chi connectivity index (χ1) is 6.29. The van der Waals surface area contributed by atoms with Gasteiger partial charge in [0, 0.05) is 18.9 Å². The van der Waals surface area contributed by atoms with E-state index in [9.17, 15) is 9.59 Å². The Bertz CT molecular complexity index is 329. The fourth-order valence-corrected chi connectivity index (χ4v) is 1.37. The number of amides is 2. The third kappa shape index (κ3) is 1.33. The van der Waals surface area contributed by atoms with E-state index in [4.69, 9.17) is 0 Å². The van der Waals surface area contributed by atoms with E-state index < -0.39 is 0 Å². The van der Waals surface area contributed by atoms with E-state index in [1.165, 1.54) is 4.90 Å². The number of nitrogens with zero attached hydrogens (tertiary/aromatic N) is 1. The molecule has 3 heteroatoms. The maximum absolute atomic E-state index is 11.3. The number of carbonyl (C=O) groups is 2. The first-order valence-electron chi connectivity index (χ1n) is 4.11. The van der Waals surface area contributed by atoms with E-state index in [0.717, 1.165) is 0 Å². The Labute approximate surface area is 76.0 Å². The summed E-state index contributed by atoms with van der Waals surface area (Å²) in [6.07, 6.45) is 0.642. The van der Waals surface area contributed by atoms with E-state index in [2.05, 4.69) is 6.07 Å². The Hall–Kier alpha value is -1.64. The number of carbonyl (C=O) groups excluding carboxylic acids is 2. The molecule has 1 heterocycles. The topological polar surface area (TPSA) is 37.4 Å². The molecule has 0 aliphatic carbocycles. The number of benzene rings is 1. The summed E-state index contributed by atoms with van der Waals surface area (Å²) in [5.41, 5.74) is 0.551. The number of rotatable bonds is 1. The highest BCUT2D eigenvalue weighted by Gasteiger charge is 2.29. The van der Waals surface area contributed by atoms with Crippen LogP contribution in [0.25, 0.3) is 0 Å². The van der Waals surface area contributed by atoms with Gasteiger partial charge in [-0.2, -0.15) is 0 Å². The molecule has 1 aromatic carbocycles. The third-order valence-electron chi connectivity index (χ3n) is 1.99. The summed E-state index contributed by atoms with van der Waals surface area (Å²) < 4.78 is 0. The summed E-state index contributed by atoms with van der Waals surface area (Å²) in [6.45, 7) is 0. The Balaban J connectivity index is 2.36. The number of anilines is 1. The second-order valence-corrected chi connectivity index (χ2v) is 2.87. The SMILES string of the molecule is O=C1CCC(=O)N1c1[c]cccc1. The quantitative estimate of drug-likeness (QED) is 0.599. The van der Waals surface area contributed by atoms with Gasteiger partial charge < -0.3 is 0 Å². The van der Waals surface area contributed by atoms with Crippen LogP contribution in [0.1, 0.15) is 12.8 Å². The van der Waals surface area contributed by atoms with Gasteiger partial charge >= 0.3 is 0 Å². The number of para-hydroxylation sites is 1. The zero-order valence-electron chi connectivity index (χ0n) is 6.99. The molecule has 0 spiro atoms. The fourth-order valence-electron chi connectivity index (χ4n) is 1.37. The molecular weight excluding hydrogens is 166 g/mol. The van der Waals surface area contributed by atoms with Crippen molar-refractivity contribution in [1.29, 1.82) is 0 Å². The normalized spacial score (nSPS) is 16.8. The monoisotopic (exact) mass is 174 g/mol. The molecule has 1 fully saturated rings. The Morgan fingerprint density at radius 3 is 2.38 bits per heavy atom. The molecule has 1 radical (unpaired) electrons. The highest BCUT2D eigenvalue weighted by atomic mass is 16.2. The summed E-state index contributed by atoms with van der Waals surface area (Å²) in [4.78, 5) is 23.7. The lowest BCUT2D eigenvalue weighted by Crippen LogP contribution is -2.28. The van der Waals surface area contributed by atoms with Crippen LogP contribution in [0.2, 0.25) is 0 Å². The molecule has 1 saturated heterocycles. The Morgan fingerprint density at radius 1 is 1.15 bits per heavy atom. The lowest BCUT2D eigenvalue weighted by atomic mass is 10.3. The first-order valence-corrected chi connectivity index (χ1v) is 4.11. The summed E-state index contributed by atoms with van der Waals surface area (Å²) >= 11 is 0. The Kier molecular flexibility index (Phi) is 1.85. The molecule has 65 valence electrons. The zero-order valence-corrected chi connectivity index (χ0v) is 6.99. The van der Waals surface area contributed by atoms with Crippen molar-refractivity contribution in [3.8, 4) is 0 Å². The molecule has 0 bridgehead atoms. The van der Waals surface area contributed by atoms with Crippen LogP contribution in [-0.2, 0) is 9.59 Å². The van der Waals surface area contributed by atoms with Gasteiger partial charge in [-0.25, -0.2) is 4.90 Å². The average molecular weight is 174 g/mol. The van der Waals surface area contributed by atoms with Crippen LogP contribution in [0.4, 0.5) is 5.69 Å². The van der Waals surface area contributed by atoms with Crippen molar-refractivity contribution in [3.63, 3.8) is 0 Å². The van der Waals surface area contributed by atoms with Gasteiger partial charge in [0.25, 0.3) is 0 Å². The molecular formula is C10H8NO2. The molecule has 1 aromatic rings. The van der Waals surface area contributed by atoms with Crippen molar-refractivity contribution in [3.05, 3.63) is 30.3 Å². The average Bonchev–Trinajstić information content (AvgIpc) is 2.48. The van der Waals surface area contributed by atoms with Crippen LogP contribution in [0.3, 0.4) is 0 Å². The molecule has 1 aliphatic heterocycles. The second-order valence-electron chi connectivity index (χ2n) is 2.87. The molecule has 0 aromatic heterocycles. The Morgan fingerprint density at radius 2 is 1.85 bits per heavy atom. The summed E-state index contributed by atoms with van der Waals surface area (Å²) in [6, 6.07) is 9.84. The highest BCUT2D eigenvalue weighted by molar-refractivity contribution is 6.19. The van der Waals surface area contributed by atoms with E-state index in [-0.39, 0.29) is 11.8 Å². The molecule has 2 amide bonds. The number of imide groups is 1. The molecule has 0 saturated carbocycles. The molecule has 2 rings (SSSR count). The van der Waals surface area contributed by atoms with Gasteiger partial charge in [-0.3, -0.25) is 9.59 Å². The van der Waals surface area contributed by atoms with E-state index >= 15 is 0 Å². The third-order valence-corrected chi connectivity index (χ3v) is 1.99. The van der Waals surface area contributed by atoms with Crippen LogP contribution in [0.5, 0.6) is 0 Å². The molecule has 0 atom stereocenters. The molecule has 0 N–H and O–H groups in total. The van der Waals surface area contributed by atoms with E-state index in [1.54, 1.807) is 24.3 Å². The van der Waals surface area contributed by atoms with Gasteiger partial charge in [0.05, 0.1) is 5.69 Å². The fraction of sp³-hybridized carbons (Fsp3) is 0.200. The smallest absolute Gasteiger partial charge is 0.234 e. The van der Waals surface area contributed by atoms with Gasteiger partial charge in [-0.15, -0.1) is 0 Å². The van der Waals surface area contributed by atoms with Gasteiger partial charge in [-0.1, -0.05) is 18.2 Å². The van der Waals surface area contributed by atoms with Crippen molar-refractivity contribution in [2.45, 2.75) is 12.8 Å². The van der Waals surface area contributed by atoms with Gasteiger partial charge in [0.1, 0.15) is 0 Å². The summed E-state index contributed by atoms with van der Waals surface area (Å²) in [7, 11) is 0. The van der Waals surface area contributed by atoms with Crippen LogP contribution in [0.15, 0.2) is 24.3 Å². The van der Waals surface area contributed by atoms with Gasteiger partial charge in [0.2, 0.25) is 11.8 Å². The van der Waals surface area contributed by atoms with E-state index in [1.807, 2.05) is 0 Å². The second kappa shape index (κ2) is 3.01. The van der Waals surface area contributed by atoms with Crippen LogP contribution < -0.4 is 4.90 Å². The van der Waals surface area contributed by atoms with Crippen LogP contribution in [0, 0.1) is 6.07 Å². The van der Waals surface area contributed by atoms with E-state index in [0.29, 0.717) is 18.5 Å². The number of hydrogen-bond acceptors (Lipinski definition) is 2. The largest absolute Gasteiger partial charge is 0.274 e. The van der Waals surface area contributed by atoms with Gasteiger partial charge in [-0.05, 0) is 6.07 Å². The molecule has 1 aliphatic rings. The van der Waals surface area contributed by atoms with Crippen LogP contribution >= 0.6 is 0 Å². The standard InChI is InChI=1S/C10H8NO2/c12-9-6-7-10(13)11(9)8-4-2-1-3-5-8/h1-4H,6-7H2. The predicted molar refractivity (Wildman–Crippen MR) is 47.0 cm³/mol. The summed E-state index contributed by atoms with van der Waals surface area (Å²) in [5, 5.41) is 0. The molecule has 3 nitrogen and oxygen atoms in total. The molecule has 0 unspecified atom stereocenters.